The lowest BCUT2D eigenvalue weighted by Gasteiger charge is -2.18. The molecule has 0 N–H and O–H groups in total. The zero-order valence-electron chi connectivity index (χ0n) is 14.2. The molecule has 1 aliphatic carbocycles. The van der Waals surface area contributed by atoms with Crippen molar-refractivity contribution in [3.63, 3.8) is 0 Å². The molecule has 2 aliphatic rings. The van der Waals surface area contributed by atoms with Gasteiger partial charge in [0.15, 0.2) is 5.69 Å². The van der Waals surface area contributed by atoms with Crippen LogP contribution in [0.25, 0.3) is 5.69 Å². The minimum absolute atomic E-state index is 0.00482. The van der Waals surface area contributed by atoms with Gasteiger partial charge in [-0.25, -0.2) is 4.68 Å². The third-order valence-corrected chi connectivity index (χ3v) is 4.69. The topological polar surface area (TPSA) is 86.4 Å². The predicted molar refractivity (Wildman–Crippen MR) is 90.8 cm³/mol. The summed E-state index contributed by atoms with van der Waals surface area (Å²) in [5, 5.41) is 20.2. The van der Waals surface area contributed by atoms with Crippen molar-refractivity contribution in [3.8, 4) is 5.69 Å². The Bertz CT molecular complexity index is 820. The Labute approximate surface area is 146 Å². The summed E-state index contributed by atoms with van der Waals surface area (Å²) in [7, 11) is 0. The first-order valence-electron chi connectivity index (χ1n) is 8.77. The van der Waals surface area contributed by atoms with E-state index in [0.29, 0.717) is 23.8 Å². The van der Waals surface area contributed by atoms with Gasteiger partial charge in [-0.3, -0.25) is 4.79 Å². The first-order chi connectivity index (χ1) is 12.2. The van der Waals surface area contributed by atoms with E-state index >= 15 is 0 Å². The van der Waals surface area contributed by atoms with Gasteiger partial charge in [-0.05, 0) is 56.2 Å². The van der Waals surface area contributed by atoms with E-state index in [1.165, 1.54) is 0 Å². The quantitative estimate of drug-likeness (QED) is 0.613. The van der Waals surface area contributed by atoms with Gasteiger partial charge in [0.05, 0.1) is 11.4 Å². The number of hydrogen-bond donors (Lipinski definition) is 0. The van der Waals surface area contributed by atoms with Crippen LogP contribution in [0, 0.1) is 0 Å². The number of amides is 1. The third kappa shape index (κ3) is 2.90. The molecule has 1 aromatic heterocycles. The van der Waals surface area contributed by atoms with Crippen LogP contribution in [-0.2, 0) is 6.42 Å². The Morgan fingerprint density at radius 3 is 2.76 bits per heavy atom. The van der Waals surface area contributed by atoms with Gasteiger partial charge in [-0.15, -0.1) is 5.10 Å². The average Bonchev–Trinajstić information content (AvgIpc) is 3.39. The number of carbonyl (C=O) groups is 1. The van der Waals surface area contributed by atoms with E-state index < -0.39 is 0 Å². The molecular formula is C18H20N5O2-. The van der Waals surface area contributed by atoms with Crippen LogP contribution in [0.3, 0.4) is 0 Å². The van der Waals surface area contributed by atoms with E-state index in [-0.39, 0.29) is 11.8 Å². The lowest BCUT2D eigenvalue weighted by Crippen LogP contribution is -2.33. The Hall–Kier alpha value is -2.70. The first kappa shape index (κ1) is 15.8. The predicted octanol–water partition coefficient (Wildman–Crippen LogP) is 0.945. The van der Waals surface area contributed by atoms with Gasteiger partial charge in [0, 0.05) is 19.1 Å². The largest absolute Gasteiger partial charge is 0.858 e. The lowest BCUT2D eigenvalue weighted by molar-refractivity contribution is -0.213. The Morgan fingerprint density at radius 2 is 2.08 bits per heavy atom. The van der Waals surface area contributed by atoms with Gasteiger partial charge in [-0.1, -0.05) is 17.3 Å². The molecule has 2 heterocycles. The monoisotopic (exact) mass is 338 g/mol. The standard InChI is InChI=1S/C18H21N5O2/c1-2-19-17(24)12-5-7-14(8-6-12)23-15-4-3-11-22(13-9-10-13)18(25)16(15)20-21-23/h5-8,13H,2-4,9-11H2,1H3,(H,19,24)/p-1. The highest BCUT2D eigenvalue weighted by molar-refractivity contribution is 5.94. The maximum atomic E-state index is 12.7. The van der Waals surface area contributed by atoms with Gasteiger partial charge in [0.1, 0.15) is 0 Å². The van der Waals surface area contributed by atoms with Crippen molar-refractivity contribution < 1.29 is 9.90 Å². The number of aliphatic imine (C=N–C) groups is 1. The van der Waals surface area contributed by atoms with Crippen LogP contribution in [0.4, 0.5) is 0 Å². The molecule has 4 rings (SSSR count). The van der Waals surface area contributed by atoms with Crippen molar-refractivity contribution in [2.45, 2.75) is 38.6 Å². The number of hydrogen-bond acceptors (Lipinski definition) is 5. The second kappa shape index (κ2) is 6.31. The summed E-state index contributed by atoms with van der Waals surface area (Å²) >= 11 is 0. The van der Waals surface area contributed by atoms with E-state index in [1.54, 1.807) is 16.8 Å². The molecule has 1 aliphatic heterocycles. The lowest BCUT2D eigenvalue weighted by atomic mass is 10.1. The van der Waals surface area contributed by atoms with Gasteiger partial charge in [0.25, 0.3) is 5.91 Å². The summed E-state index contributed by atoms with van der Waals surface area (Å²) in [4.78, 5) is 18.6. The van der Waals surface area contributed by atoms with Crippen molar-refractivity contribution in [2.75, 3.05) is 13.1 Å². The molecule has 0 saturated heterocycles. The van der Waals surface area contributed by atoms with Crippen LogP contribution < -0.4 is 5.11 Å². The fraction of sp³-hybridized carbons (Fsp3) is 0.444. The Kier molecular flexibility index (Phi) is 3.99. The minimum atomic E-state index is -0.221. The molecule has 7 nitrogen and oxygen atoms in total. The Morgan fingerprint density at radius 1 is 1.32 bits per heavy atom. The first-order valence-corrected chi connectivity index (χ1v) is 8.77. The molecule has 0 radical (unpaired) electrons. The van der Waals surface area contributed by atoms with Gasteiger partial charge in [0.2, 0.25) is 0 Å². The number of nitrogens with zero attached hydrogens (tertiary/aromatic N) is 5. The number of fused-ring (bicyclic) bond motifs is 1. The SMILES string of the molecule is CCN=C([O-])c1ccc(-n2nnc3c2CCCN(C2CC2)C3=O)cc1. The van der Waals surface area contributed by atoms with Crippen molar-refractivity contribution in [1.82, 2.24) is 19.9 Å². The highest BCUT2D eigenvalue weighted by Gasteiger charge is 2.37. The van der Waals surface area contributed by atoms with Crippen LogP contribution in [0.2, 0.25) is 0 Å². The molecule has 0 unspecified atom stereocenters. The number of rotatable bonds is 4. The molecule has 0 atom stereocenters. The van der Waals surface area contributed by atoms with E-state index in [2.05, 4.69) is 15.3 Å². The number of carbonyl (C=O) groups excluding carboxylic acids is 1. The summed E-state index contributed by atoms with van der Waals surface area (Å²) in [5.41, 5.74) is 2.67. The summed E-state index contributed by atoms with van der Waals surface area (Å²) in [6, 6.07) is 7.50. The second-order valence-electron chi connectivity index (χ2n) is 6.46. The molecule has 0 spiro atoms. The summed E-state index contributed by atoms with van der Waals surface area (Å²) in [6.45, 7) is 3.08. The zero-order chi connectivity index (χ0) is 17.4. The maximum Gasteiger partial charge on any atom is 0.276 e. The molecule has 0 bridgehead atoms. The highest BCUT2D eigenvalue weighted by atomic mass is 16.3. The van der Waals surface area contributed by atoms with Gasteiger partial charge in [-0.2, -0.15) is 0 Å². The normalized spacial score (nSPS) is 18.2. The number of benzene rings is 1. The molecule has 2 aromatic rings. The van der Waals surface area contributed by atoms with Crippen LogP contribution >= 0.6 is 0 Å². The molecule has 1 aromatic carbocycles. The van der Waals surface area contributed by atoms with Crippen LogP contribution in [-0.4, -0.2) is 50.8 Å². The minimum Gasteiger partial charge on any atom is -0.858 e. The third-order valence-electron chi connectivity index (χ3n) is 4.69. The van der Waals surface area contributed by atoms with Crippen molar-refractivity contribution >= 4 is 11.8 Å². The van der Waals surface area contributed by atoms with Crippen molar-refractivity contribution in [3.05, 3.63) is 41.2 Å². The van der Waals surface area contributed by atoms with E-state index in [0.717, 1.165) is 43.6 Å². The average molecular weight is 338 g/mol. The molecular weight excluding hydrogens is 318 g/mol. The van der Waals surface area contributed by atoms with Crippen molar-refractivity contribution in [2.24, 2.45) is 4.99 Å². The molecule has 7 heteroatoms. The molecule has 130 valence electrons. The summed E-state index contributed by atoms with van der Waals surface area (Å²) in [5.74, 6) is -0.225. The van der Waals surface area contributed by atoms with E-state index in [4.69, 9.17) is 0 Å². The van der Waals surface area contributed by atoms with Crippen LogP contribution in [0.5, 0.6) is 0 Å². The summed E-state index contributed by atoms with van der Waals surface area (Å²) in [6.07, 6.45) is 3.86. The Balaban J connectivity index is 1.65. The van der Waals surface area contributed by atoms with E-state index in [1.807, 2.05) is 24.0 Å². The smallest absolute Gasteiger partial charge is 0.276 e. The highest BCUT2D eigenvalue weighted by Crippen LogP contribution is 2.31. The molecule has 25 heavy (non-hydrogen) atoms. The maximum absolute atomic E-state index is 12.7. The fourth-order valence-corrected chi connectivity index (χ4v) is 3.27. The van der Waals surface area contributed by atoms with E-state index in [9.17, 15) is 9.90 Å². The number of aromatic nitrogens is 3. The molecule has 1 amide bonds. The zero-order valence-corrected chi connectivity index (χ0v) is 14.2. The van der Waals surface area contributed by atoms with Gasteiger partial charge < -0.3 is 15.0 Å². The summed E-state index contributed by atoms with van der Waals surface area (Å²) < 4.78 is 1.72. The van der Waals surface area contributed by atoms with Crippen LogP contribution in [0.1, 0.15) is 47.9 Å². The second-order valence-corrected chi connectivity index (χ2v) is 6.46. The fourth-order valence-electron chi connectivity index (χ4n) is 3.27. The molecule has 1 saturated carbocycles. The van der Waals surface area contributed by atoms with Crippen LogP contribution in [0.15, 0.2) is 29.3 Å². The molecule has 1 fully saturated rings. The van der Waals surface area contributed by atoms with Crippen molar-refractivity contribution in [1.29, 1.82) is 0 Å². The van der Waals surface area contributed by atoms with Gasteiger partial charge >= 0.3 is 0 Å².